The predicted octanol–water partition coefficient (Wildman–Crippen LogP) is 0.759. The Kier molecular flexibility index (Phi) is 14.3. The van der Waals surface area contributed by atoms with E-state index in [9.17, 15) is 29.1 Å². The fourth-order valence-corrected chi connectivity index (χ4v) is 3.96. The maximum atomic E-state index is 13.3. The molecule has 37 heavy (non-hydrogen) atoms. The molecule has 11 nitrogen and oxygen atoms in total. The lowest BCUT2D eigenvalue weighted by Crippen LogP contribution is -2.57. The maximum absolute atomic E-state index is 13.3. The lowest BCUT2D eigenvalue weighted by Gasteiger charge is -2.25. The first-order chi connectivity index (χ1) is 17.4. The van der Waals surface area contributed by atoms with Gasteiger partial charge in [0.05, 0.1) is 6.04 Å². The van der Waals surface area contributed by atoms with Crippen LogP contribution in [-0.2, 0) is 30.4 Å². The zero-order chi connectivity index (χ0) is 28.0. The van der Waals surface area contributed by atoms with Gasteiger partial charge < -0.3 is 31.9 Å². The summed E-state index contributed by atoms with van der Waals surface area (Å²) in [6.07, 6.45) is 2.01. The van der Waals surface area contributed by atoms with Gasteiger partial charge in [0.25, 0.3) is 0 Å². The molecule has 7 N–H and O–H groups in total. The van der Waals surface area contributed by atoms with Crippen molar-refractivity contribution in [3.63, 3.8) is 0 Å². The summed E-state index contributed by atoms with van der Waals surface area (Å²) in [6.45, 7) is 3.68. The van der Waals surface area contributed by atoms with E-state index in [1.807, 2.05) is 20.1 Å². The van der Waals surface area contributed by atoms with E-state index >= 15 is 0 Å². The van der Waals surface area contributed by atoms with Gasteiger partial charge in [0.2, 0.25) is 17.7 Å². The average Bonchev–Trinajstić information content (AvgIpc) is 2.84. The normalized spacial score (nSPS) is 14.2. The molecule has 206 valence electrons. The molecule has 4 unspecified atom stereocenters. The number of nitrogens with one attached hydrogen (secondary N) is 3. The van der Waals surface area contributed by atoms with Gasteiger partial charge in [-0.2, -0.15) is 11.8 Å². The number of benzene rings is 1. The topological polar surface area (TPSA) is 188 Å². The van der Waals surface area contributed by atoms with E-state index in [-0.39, 0.29) is 38.0 Å². The number of thioether (sulfide) groups is 1. The van der Waals surface area contributed by atoms with Gasteiger partial charge in [-0.25, -0.2) is 4.79 Å². The molecule has 1 aromatic rings. The number of amides is 3. The zero-order valence-electron chi connectivity index (χ0n) is 21.4. The number of aliphatic carboxylic acids is 2. The molecule has 0 aliphatic carbocycles. The van der Waals surface area contributed by atoms with E-state index in [4.69, 9.17) is 10.8 Å². The second-order valence-corrected chi connectivity index (χ2v) is 10.1. The van der Waals surface area contributed by atoms with Crippen LogP contribution in [0.15, 0.2) is 30.3 Å². The fraction of sp³-hybridized carbons (Fsp3) is 0.560. The Bertz CT molecular complexity index is 914. The Morgan fingerprint density at radius 3 is 1.97 bits per heavy atom. The first-order valence-corrected chi connectivity index (χ1v) is 13.5. The molecule has 0 radical (unpaired) electrons. The van der Waals surface area contributed by atoms with Gasteiger partial charge in [-0.1, -0.05) is 44.2 Å². The molecule has 1 aromatic carbocycles. The van der Waals surface area contributed by atoms with Crippen molar-refractivity contribution in [3.8, 4) is 0 Å². The van der Waals surface area contributed by atoms with Crippen LogP contribution in [0.25, 0.3) is 0 Å². The third kappa shape index (κ3) is 12.6. The standard InChI is InChI=1S/C25H38N4O7S/c1-15(2)13-20(25(35)36)29-23(33)18(11-12-37-3)27-24(34)19(14-16-7-5-4-6-8-16)28-22(32)17(26)9-10-21(30)31/h4-8,15,17-20H,9-14,26H2,1-3H3,(H,27,34)(H,28,32)(H,29,33)(H,30,31)(H,35,36). The number of hydrogen-bond acceptors (Lipinski definition) is 7. The number of carboxylic acid groups (broad SMARTS) is 2. The lowest BCUT2D eigenvalue weighted by atomic mass is 10.0. The van der Waals surface area contributed by atoms with Gasteiger partial charge in [-0.05, 0) is 42.8 Å². The van der Waals surface area contributed by atoms with E-state index in [1.165, 1.54) is 11.8 Å². The highest BCUT2D eigenvalue weighted by molar-refractivity contribution is 7.98. The van der Waals surface area contributed by atoms with Crippen molar-refractivity contribution in [2.24, 2.45) is 11.7 Å². The van der Waals surface area contributed by atoms with Gasteiger partial charge in [0.1, 0.15) is 18.1 Å². The Morgan fingerprint density at radius 1 is 0.865 bits per heavy atom. The molecule has 0 bridgehead atoms. The molecule has 0 aromatic heterocycles. The van der Waals surface area contributed by atoms with Crippen molar-refractivity contribution in [2.45, 2.75) is 70.1 Å². The second kappa shape index (κ2) is 16.6. The van der Waals surface area contributed by atoms with Crippen LogP contribution in [0, 0.1) is 5.92 Å². The molecule has 1 rings (SSSR count). The summed E-state index contributed by atoms with van der Waals surface area (Å²) in [4.78, 5) is 61.3. The zero-order valence-corrected chi connectivity index (χ0v) is 22.3. The molecule has 12 heteroatoms. The molecular formula is C25H38N4O7S. The summed E-state index contributed by atoms with van der Waals surface area (Å²) in [6, 6.07) is 4.55. The largest absolute Gasteiger partial charge is 0.481 e. The monoisotopic (exact) mass is 538 g/mol. The highest BCUT2D eigenvalue weighted by Gasteiger charge is 2.30. The SMILES string of the molecule is CSCCC(NC(=O)C(Cc1ccccc1)NC(=O)C(N)CCC(=O)O)C(=O)NC(CC(C)C)C(=O)O. The number of carbonyl (C=O) groups is 5. The number of rotatable bonds is 17. The van der Waals surface area contributed by atoms with Crippen LogP contribution < -0.4 is 21.7 Å². The van der Waals surface area contributed by atoms with Gasteiger partial charge in [-0.15, -0.1) is 0 Å². The summed E-state index contributed by atoms with van der Waals surface area (Å²) in [5, 5.41) is 26.1. The minimum Gasteiger partial charge on any atom is -0.481 e. The van der Waals surface area contributed by atoms with Crippen molar-refractivity contribution >= 4 is 41.4 Å². The Morgan fingerprint density at radius 2 is 1.43 bits per heavy atom. The van der Waals surface area contributed by atoms with Crippen LogP contribution in [0.2, 0.25) is 0 Å². The third-order valence-electron chi connectivity index (χ3n) is 5.49. The first-order valence-electron chi connectivity index (χ1n) is 12.1. The molecule has 0 spiro atoms. The number of hydrogen-bond donors (Lipinski definition) is 6. The predicted molar refractivity (Wildman–Crippen MR) is 141 cm³/mol. The molecule has 0 aliphatic heterocycles. The smallest absolute Gasteiger partial charge is 0.326 e. The summed E-state index contributed by atoms with van der Waals surface area (Å²) >= 11 is 1.46. The Labute approximate surface area is 221 Å². The van der Waals surface area contributed by atoms with Crippen molar-refractivity contribution in [1.82, 2.24) is 16.0 Å². The van der Waals surface area contributed by atoms with Crippen LogP contribution in [0.5, 0.6) is 0 Å². The molecule has 0 fully saturated rings. The van der Waals surface area contributed by atoms with Crippen molar-refractivity contribution in [3.05, 3.63) is 35.9 Å². The van der Waals surface area contributed by atoms with Crippen LogP contribution in [0.4, 0.5) is 0 Å². The fourth-order valence-electron chi connectivity index (χ4n) is 3.49. The molecule has 0 saturated heterocycles. The van der Waals surface area contributed by atoms with Crippen LogP contribution in [0.1, 0.15) is 45.1 Å². The maximum Gasteiger partial charge on any atom is 0.326 e. The van der Waals surface area contributed by atoms with Crippen molar-refractivity contribution < 1.29 is 34.2 Å². The molecule has 3 amide bonds. The number of carbonyl (C=O) groups excluding carboxylic acids is 3. The summed E-state index contributed by atoms with van der Waals surface area (Å²) in [5.41, 5.74) is 6.56. The molecule has 0 heterocycles. The molecule has 0 saturated carbocycles. The van der Waals surface area contributed by atoms with E-state index in [1.54, 1.807) is 30.3 Å². The van der Waals surface area contributed by atoms with Crippen LogP contribution in [0.3, 0.4) is 0 Å². The van der Waals surface area contributed by atoms with E-state index in [0.717, 1.165) is 5.56 Å². The van der Waals surface area contributed by atoms with Crippen LogP contribution >= 0.6 is 11.8 Å². The van der Waals surface area contributed by atoms with E-state index in [2.05, 4.69) is 16.0 Å². The van der Waals surface area contributed by atoms with Crippen molar-refractivity contribution in [2.75, 3.05) is 12.0 Å². The second-order valence-electron chi connectivity index (χ2n) is 9.16. The van der Waals surface area contributed by atoms with Crippen LogP contribution in [-0.4, -0.2) is 76.0 Å². The molecule has 4 atom stereocenters. The summed E-state index contributed by atoms with van der Waals surface area (Å²) < 4.78 is 0. The highest BCUT2D eigenvalue weighted by atomic mass is 32.2. The third-order valence-corrected chi connectivity index (χ3v) is 6.13. The molecule has 0 aliphatic rings. The molecular weight excluding hydrogens is 500 g/mol. The van der Waals surface area contributed by atoms with Gasteiger partial charge in [0, 0.05) is 12.8 Å². The van der Waals surface area contributed by atoms with Gasteiger partial charge in [-0.3, -0.25) is 19.2 Å². The quantitative estimate of drug-likeness (QED) is 0.166. The minimum absolute atomic E-state index is 0.0245. The lowest BCUT2D eigenvalue weighted by molar-refractivity contribution is -0.143. The van der Waals surface area contributed by atoms with E-state index < -0.39 is 53.8 Å². The van der Waals surface area contributed by atoms with Gasteiger partial charge in [0.15, 0.2) is 0 Å². The Balaban J connectivity index is 3.07. The number of carboxylic acids is 2. The average molecular weight is 539 g/mol. The first kappa shape index (κ1) is 31.9. The minimum atomic E-state index is -1.17. The summed E-state index contributed by atoms with van der Waals surface area (Å²) in [5.74, 6) is -3.67. The Hall–Kier alpha value is -3.12. The van der Waals surface area contributed by atoms with Gasteiger partial charge >= 0.3 is 11.9 Å². The van der Waals surface area contributed by atoms with E-state index in [0.29, 0.717) is 5.75 Å². The number of nitrogens with two attached hydrogens (primary N) is 1. The highest BCUT2D eigenvalue weighted by Crippen LogP contribution is 2.09. The van der Waals surface area contributed by atoms with Crippen molar-refractivity contribution in [1.29, 1.82) is 0 Å². The summed E-state index contributed by atoms with van der Waals surface area (Å²) in [7, 11) is 0.